The maximum absolute atomic E-state index is 12.3. The molecule has 0 aliphatic heterocycles. The molecule has 0 fully saturated rings. The zero-order chi connectivity index (χ0) is 20.8. The fraction of sp³-hybridized carbons (Fsp3) is 0.217. The molecule has 3 rings (SSSR count). The van der Waals surface area contributed by atoms with Crippen molar-refractivity contribution in [1.82, 2.24) is 10.6 Å². The number of nitrogens with one attached hydrogen (secondary N) is 3. The standard InChI is InChI=1S/C23H25N3O2S/c1-15-6-9-18(10-7-15)22(20-5-4-12-29-20)24-14-21(27)26-23(28)25-19-11-8-16(2)13-17(19)3/h4-13,22,24H,14H2,1-3H3,(H2,25,26,27,28)/t22-/m0/s1. The normalized spacial score (nSPS) is 11.7. The molecular formula is C23H25N3O2S. The van der Waals surface area contributed by atoms with Gasteiger partial charge in [0.05, 0.1) is 12.6 Å². The highest BCUT2D eigenvalue weighted by atomic mass is 32.1. The third-order valence-corrected chi connectivity index (χ3v) is 5.53. The molecule has 0 aliphatic carbocycles. The topological polar surface area (TPSA) is 70.2 Å². The Balaban J connectivity index is 1.60. The summed E-state index contributed by atoms with van der Waals surface area (Å²) in [5.74, 6) is -0.388. The summed E-state index contributed by atoms with van der Waals surface area (Å²) >= 11 is 1.63. The molecule has 1 aromatic heterocycles. The average Bonchev–Trinajstić information content (AvgIpc) is 3.20. The number of hydrogen-bond donors (Lipinski definition) is 3. The fourth-order valence-electron chi connectivity index (χ4n) is 3.07. The molecule has 150 valence electrons. The summed E-state index contributed by atoms with van der Waals surface area (Å²) in [5.41, 5.74) is 5.00. The Labute approximate surface area is 175 Å². The predicted octanol–water partition coefficient (Wildman–Crippen LogP) is 4.70. The van der Waals surface area contributed by atoms with Crippen molar-refractivity contribution in [3.63, 3.8) is 0 Å². The Kier molecular flexibility index (Phi) is 6.80. The van der Waals surface area contributed by atoms with Crippen molar-refractivity contribution in [3.05, 3.63) is 87.1 Å². The molecule has 6 heteroatoms. The maximum Gasteiger partial charge on any atom is 0.325 e. The molecule has 5 nitrogen and oxygen atoms in total. The maximum atomic E-state index is 12.3. The molecule has 0 saturated heterocycles. The first-order valence-corrected chi connectivity index (χ1v) is 10.3. The molecule has 1 heterocycles. The van der Waals surface area contributed by atoms with Crippen LogP contribution < -0.4 is 16.0 Å². The van der Waals surface area contributed by atoms with Crippen LogP contribution in [-0.4, -0.2) is 18.5 Å². The Morgan fingerprint density at radius 3 is 2.34 bits per heavy atom. The van der Waals surface area contributed by atoms with Crippen molar-refractivity contribution in [1.29, 1.82) is 0 Å². The smallest absolute Gasteiger partial charge is 0.307 e. The second kappa shape index (κ2) is 9.49. The first-order valence-electron chi connectivity index (χ1n) is 9.44. The van der Waals surface area contributed by atoms with Crippen molar-refractivity contribution in [2.24, 2.45) is 0 Å². The molecule has 0 aliphatic rings. The van der Waals surface area contributed by atoms with Gasteiger partial charge >= 0.3 is 6.03 Å². The summed E-state index contributed by atoms with van der Waals surface area (Å²) < 4.78 is 0. The van der Waals surface area contributed by atoms with Crippen molar-refractivity contribution in [2.45, 2.75) is 26.8 Å². The molecule has 3 N–H and O–H groups in total. The first-order chi connectivity index (χ1) is 13.9. The Bertz CT molecular complexity index is 982. The molecule has 29 heavy (non-hydrogen) atoms. The van der Waals surface area contributed by atoms with E-state index in [0.29, 0.717) is 5.69 Å². The Hall–Kier alpha value is -2.96. The SMILES string of the molecule is Cc1ccc([C@H](NCC(=O)NC(=O)Nc2ccc(C)cc2C)c2cccs2)cc1. The van der Waals surface area contributed by atoms with E-state index in [4.69, 9.17) is 0 Å². The summed E-state index contributed by atoms with van der Waals surface area (Å²) in [6, 6.07) is 17.3. The number of urea groups is 1. The minimum Gasteiger partial charge on any atom is -0.307 e. The van der Waals surface area contributed by atoms with Gasteiger partial charge in [-0.15, -0.1) is 11.3 Å². The number of carbonyl (C=O) groups is 2. The third-order valence-electron chi connectivity index (χ3n) is 4.59. The van der Waals surface area contributed by atoms with Gasteiger partial charge in [0.15, 0.2) is 0 Å². The lowest BCUT2D eigenvalue weighted by Gasteiger charge is -2.18. The van der Waals surface area contributed by atoms with E-state index in [1.807, 2.05) is 56.5 Å². The molecule has 3 aromatic rings. The van der Waals surface area contributed by atoms with Crippen molar-refractivity contribution in [2.75, 3.05) is 11.9 Å². The first kappa shape index (κ1) is 20.8. The lowest BCUT2D eigenvalue weighted by atomic mass is 10.0. The number of imide groups is 1. The number of anilines is 1. The second-order valence-electron chi connectivity index (χ2n) is 7.06. The lowest BCUT2D eigenvalue weighted by molar-refractivity contribution is -0.119. The highest BCUT2D eigenvalue weighted by Crippen LogP contribution is 2.26. The van der Waals surface area contributed by atoms with Gasteiger partial charge in [-0.05, 0) is 49.4 Å². The van der Waals surface area contributed by atoms with Gasteiger partial charge in [0.1, 0.15) is 0 Å². The van der Waals surface area contributed by atoms with E-state index in [1.165, 1.54) is 5.56 Å². The van der Waals surface area contributed by atoms with Crippen LogP contribution in [0.3, 0.4) is 0 Å². The van der Waals surface area contributed by atoms with Gasteiger partial charge in [-0.3, -0.25) is 15.4 Å². The lowest BCUT2D eigenvalue weighted by Crippen LogP contribution is -2.41. The van der Waals surface area contributed by atoms with Crippen LogP contribution in [0.2, 0.25) is 0 Å². The van der Waals surface area contributed by atoms with Crippen LogP contribution >= 0.6 is 11.3 Å². The second-order valence-corrected chi connectivity index (χ2v) is 8.04. The third kappa shape index (κ3) is 5.76. The largest absolute Gasteiger partial charge is 0.325 e. The molecule has 0 radical (unpaired) electrons. The van der Waals surface area contributed by atoms with Crippen LogP contribution in [-0.2, 0) is 4.79 Å². The Morgan fingerprint density at radius 1 is 0.966 bits per heavy atom. The number of rotatable bonds is 6. The number of amides is 3. The van der Waals surface area contributed by atoms with Crippen LogP contribution in [0.15, 0.2) is 60.0 Å². The molecule has 3 amide bonds. The van der Waals surface area contributed by atoms with Crippen LogP contribution in [0, 0.1) is 20.8 Å². The number of hydrogen-bond acceptors (Lipinski definition) is 4. The van der Waals surface area contributed by atoms with Gasteiger partial charge in [-0.25, -0.2) is 4.79 Å². The minimum absolute atomic E-state index is 0.0245. The number of carbonyl (C=O) groups excluding carboxylic acids is 2. The molecule has 0 bridgehead atoms. The zero-order valence-electron chi connectivity index (χ0n) is 16.8. The highest BCUT2D eigenvalue weighted by molar-refractivity contribution is 7.10. The Morgan fingerprint density at radius 2 is 1.69 bits per heavy atom. The summed E-state index contributed by atoms with van der Waals surface area (Å²) in [5, 5.41) is 10.4. The molecule has 2 aromatic carbocycles. The van der Waals surface area contributed by atoms with Gasteiger partial charge < -0.3 is 5.32 Å². The van der Waals surface area contributed by atoms with E-state index in [-0.39, 0.29) is 18.5 Å². The summed E-state index contributed by atoms with van der Waals surface area (Å²) in [7, 11) is 0. The number of thiophene rings is 1. The molecule has 0 saturated carbocycles. The summed E-state index contributed by atoms with van der Waals surface area (Å²) in [4.78, 5) is 25.6. The monoisotopic (exact) mass is 407 g/mol. The molecule has 0 unspecified atom stereocenters. The van der Waals surface area contributed by atoms with Crippen molar-refractivity contribution < 1.29 is 9.59 Å². The van der Waals surface area contributed by atoms with E-state index >= 15 is 0 Å². The predicted molar refractivity (Wildman–Crippen MR) is 118 cm³/mol. The van der Waals surface area contributed by atoms with Gasteiger partial charge in [0, 0.05) is 10.6 Å². The van der Waals surface area contributed by atoms with E-state index in [0.717, 1.165) is 21.6 Å². The van der Waals surface area contributed by atoms with Gasteiger partial charge in [-0.2, -0.15) is 0 Å². The quantitative estimate of drug-likeness (QED) is 0.555. The van der Waals surface area contributed by atoms with Gasteiger partial charge in [0.2, 0.25) is 5.91 Å². The van der Waals surface area contributed by atoms with Crippen LogP contribution in [0.4, 0.5) is 10.5 Å². The van der Waals surface area contributed by atoms with Crippen LogP contribution in [0.1, 0.15) is 33.2 Å². The van der Waals surface area contributed by atoms with E-state index in [9.17, 15) is 9.59 Å². The van der Waals surface area contributed by atoms with E-state index in [1.54, 1.807) is 11.3 Å². The average molecular weight is 408 g/mol. The summed E-state index contributed by atoms with van der Waals surface area (Å²) in [6.07, 6.45) is 0. The molecule has 0 spiro atoms. The van der Waals surface area contributed by atoms with Crippen LogP contribution in [0.25, 0.3) is 0 Å². The summed E-state index contributed by atoms with van der Waals surface area (Å²) in [6.45, 7) is 5.97. The minimum atomic E-state index is -0.535. The van der Waals surface area contributed by atoms with E-state index in [2.05, 4.69) is 40.2 Å². The van der Waals surface area contributed by atoms with Gasteiger partial charge in [0.25, 0.3) is 0 Å². The zero-order valence-corrected chi connectivity index (χ0v) is 17.6. The highest BCUT2D eigenvalue weighted by Gasteiger charge is 2.17. The number of benzene rings is 2. The number of aryl methyl sites for hydroxylation is 3. The van der Waals surface area contributed by atoms with Crippen molar-refractivity contribution >= 4 is 29.0 Å². The van der Waals surface area contributed by atoms with Crippen molar-refractivity contribution in [3.8, 4) is 0 Å². The van der Waals surface area contributed by atoms with Crippen LogP contribution in [0.5, 0.6) is 0 Å². The molecule has 1 atom stereocenters. The van der Waals surface area contributed by atoms with Gasteiger partial charge in [-0.1, -0.05) is 53.6 Å². The fourth-order valence-corrected chi connectivity index (χ4v) is 3.90. The molecular weight excluding hydrogens is 382 g/mol. The van der Waals surface area contributed by atoms with E-state index < -0.39 is 6.03 Å².